The molecule has 0 radical (unpaired) electrons. The highest BCUT2D eigenvalue weighted by atomic mass is 35.5. The van der Waals surface area contributed by atoms with Crippen LogP contribution >= 0.6 is 23.4 Å². The van der Waals surface area contributed by atoms with E-state index in [0.717, 1.165) is 65.1 Å². The molecule has 32 heavy (non-hydrogen) atoms. The van der Waals surface area contributed by atoms with Gasteiger partial charge in [-0.25, -0.2) is 9.97 Å². The molecule has 1 aliphatic heterocycles. The first-order chi connectivity index (χ1) is 15.7. The van der Waals surface area contributed by atoms with Crippen molar-refractivity contribution in [1.82, 2.24) is 19.9 Å². The zero-order valence-corrected chi connectivity index (χ0v) is 19.4. The smallest absolute Gasteiger partial charge is 0.159 e. The quantitative estimate of drug-likeness (QED) is 0.336. The Kier molecular flexibility index (Phi) is 6.21. The van der Waals surface area contributed by atoms with Crippen molar-refractivity contribution < 1.29 is 0 Å². The maximum absolute atomic E-state index is 6.00. The number of benzene rings is 2. The third-order valence-corrected chi connectivity index (χ3v) is 6.69. The van der Waals surface area contributed by atoms with Gasteiger partial charge in [0.1, 0.15) is 0 Å². The van der Waals surface area contributed by atoms with E-state index in [1.807, 2.05) is 30.5 Å². The lowest BCUT2D eigenvalue weighted by Gasteiger charge is -2.27. The van der Waals surface area contributed by atoms with Crippen LogP contribution in [0.25, 0.3) is 22.6 Å². The number of pyridine rings is 1. The first-order valence-electron chi connectivity index (χ1n) is 10.6. The van der Waals surface area contributed by atoms with E-state index in [2.05, 4.69) is 58.6 Å². The summed E-state index contributed by atoms with van der Waals surface area (Å²) < 4.78 is 0. The van der Waals surface area contributed by atoms with Crippen molar-refractivity contribution in [2.75, 3.05) is 12.8 Å². The van der Waals surface area contributed by atoms with Crippen LogP contribution in [0.1, 0.15) is 17.0 Å². The third-order valence-electron chi connectivity index (χ3n) is 5.69. The molecule has 4 aromatic rings. The van der Waals surface area contributed by atoms with Crippen LogP contribution in [0.5, 0.6) is 0 Å². The molecule has 3 heterocycles. The van der Waals surface area contributed by atoms with Gasteiger partial charge < -0.3 is 0 Å². The molecule has 2 aromatic heterocycles. The van der Waals surface area contributed by atoms with Gasteiger partial charge in [0.15, 0.2) is 5.82 Å². The minimum Gasteiger partial charge on any atom is -0.293 e. The number of thioether (sulfide) groups is 1. The van der Waals surface area contributed by atoms with Gasteiger partial charge >= 0.3 is 0 Å². The van der Waals surface area contributed by atoms with Gasteiger partial charge in [-0.05, 0) is 54.8 Å². The average Bonchev–Trinajstić information content (AvgIpc) is 2.84. The third kappa shape index (κ3) is 4.70. The molecule has 0 bridgehead atoms. The summed E-state index contributed by atoms with van der Waals surface area (Å²) in [5.74, 6) is 0.760. The zero-order valence-electron chi connectivity index (χ0n) is 17.8. The molecule has 1 aliphatic rings. The summed E-state index contributed by atoms with van der Waals surface area (Å²) in [7, 11) is 0. The molecular formula is C26H23ClN4S. The highest BCUT2D eigenvalue weighted by Gasteiger charge is 2.19. The number of halogens is 1. The van der Waals surface area contributed by atoms with Crippen molar-refractivity contribution >= 4 is 23.4 Å². The molecule has 0 saturated heterocycles. The number of hydrogen-bond acceptors (Lipinski definition) is 5. The second kappa shape index (κ2) is 9.41. The van der Waals surface area contributed by atoms with Crippen LogP contribution in [0, 0.1) is 0 Å². The van der Waals surface area contributed by atoms with Crippen molar-refractivity contribution in [2.24, 2.45) is 0 Å². The first kappa shape index (κ1) is 21.1. The molecular weight excluding hydrogens is 436 g/mol. The Hall–Kier alpha value is -2.73. The summed E-state index contributed by atoms with van der Waals surface area (Å²) in [4.78, 5) is 18.0. The minimum atomic E-state index is 0.719. The minimum absolute atomic E-state index is 0.719. The topological polar surface area (TPSA) is 41.9 Å². The Balaban J connectivity index is 1.29. The number of aromatic nitrogens is 3. The molecule has 0 spiro atoms. The lowest BCUT2D eigenvalue weighted by molar-refractivity contribution is 0.240. The summed E-state index contributed by atoms with van der Waals surface area (Å²) in [6.07, 6.45) is 4.97. The van der Waals surface area contributed by atoms with E-state index in [9.17, 15) is 0 Å². The van der Waals surface area contributed by atoms with Gasteiger partial charge in [0, 0.05) is 58.9 Å². The highest BCUT2D eigenvalue weighted by Crippen LogP contribution is 2.25. The summed E-state index contributed by atoms with van der Waals surface area (Å²) in [5.41, 5.74) is 6.57. The van der Waals surface area contributed by atoms with Crippen molar-refractivity contribution in [1.29, 1.82) is 0 Å². The Morgan fingerprint density at radius 3 is 2.50 bits per heavy atom. The van der Waals surface area contributed by atoms with Crippen LogP contribution in [0.4, 0.5) is 0 Å². The highest BCUT2D eigenvalue weighted by molar-refractivity contribution is 7.98. The van der Waals surface area contributed by atoms with Crippen LogP contribution in [0.2, 0.25) is 5.02 Å². The fourth-order valence-corrected chi connectivity index (χ4v) is 4.50. The molecule has 0 fully saturated rings. The number of rotatable bonds is 5. The lowest BCUT2D eigenvalue weighted by Crippen LogP contribution is -2.31. The molecule has 0 saturated carbocycles. The molecule has 0 aliphatic carbocycles. The molecule has 0 amide bonds. The number of nitrogens with zero attached hydrogens (tertiary/aromatic N) is 4. The van der Waals surface area contributed by atoms with Gasteiger partial charge in [0.2, 0.25) is 0 Å². The summed E-state index contributed by atoms with van der Waals surface area (Å²) >= 11 is 7.75. The van der Waals surface area contributed by atoms with Gasteiger partial charge in [-0.3, -0.25) is 9.88 Å². The van der Waals surface area contributed by atoms with E-state index in [1.54, 1.807) is 11.8 Å². The average molecular weight is 459 g/mol. The van der Waals surface area contributed by atoms with Gasteiger partial charge in [-0.2, -0.15) is 0 Å². The maximum atomic E-state index is 6.00. The van der Waals surface area contributed by atoms with Gasteiger partial charge in [0.05, 0.1) is 17.1 Å². The number of fused-ring (bicyclic) bond motifs is 1. The van der Waals surface area contributed by atoms with Crippen molar-refractivity contribution in [3.05, 3.63) is 94.9 Å². The Morgan fingerprint density at radius 2 is 1.72 bits per heavy atom. The van der Waals surface area contributed by atoms with Gasteiger partial charge in [-0.15, -0.1) is 11.8 Å². The molecule has 160 valence electrons. The van der Waals surface area contributed by atoms with Crippen LogP contribution in [-0.4, -0.2) is 32.7 Å². The Morgan fingerprint density at radius 1 is 0.938 bits per heavy atom. The standard InChI is InChI=1S/C26H23ClN4S/c1-32-23-11-7-18(8-12-23)24-4-2-3-22(29-24)17-31-14-13-25-20(16-31)15-28-26(30-25)19-5-9-21(27)10-6-19/h2-12,15H,13-14,16-17H2,1H3. The van der Waals surface area contributed by atoms with Crippen molar-refractivity contribution in [2.45, 2.75) is 24.4 Å². The summed E-state index contributed by atoms with van der Waals surface area (Å²) in [6, 6.07) is 22.5. The monoisotopic (exact) mass is 458 g/mol. The van der Waals surface area contributed by atoms with E-state index in [0.29, 0.717) is 0 Å². The summed E-state index contributed by atoms with van der Waals surface area (Å²) in [5, 5.41) is 0.719. The van der Waals surface area contributed by atoms with E-state index >= 15 is 0 Å². The Bertz CT molecular complexity index is 1230. The predicted molar refractivity (Wildman–Crippen MR) is 132 cm³/mol. The molecule has 0 atom stereocenters. The first-order valence-corrected chi connectivity index (χ1v) is 12.2. The molecule has 0 unspecified atom stereocenters. The van der Waals surface area contributed by atoms with Crippen molar-refractivity contribution in [3.8, 4) is 22.6 Å². The molecule has 0 N–H and O–H groups in total. The second-order valence-corrected chi connectivity index (χ2v) is 9.19. The Labute approximate surface area is 197 Å². The molecule has 4 nitrogen and oxygen atoms in total. The largest absolute Gasteiger partial charge is 0.293 e. The number of hydrogen-bond donors (Lipinski definition) is 0. The zero-order chi connectivity index (χ0) is 21.9. The molecule has 5 rings (SSSR count). The molecule has 6 heteroatoms. The van der Waals surface area contributed by atoms with E-state index in [-0.39, 0.29) is 0 Å². The van der Waals surface area contributed by atoms with Crippen LogP contribution in [0.15, 0.2) is 77.8 Å². The SMILES string of the molecule is CSc1ccc(-c2cccc(CN3CCc4nc(-c5ccc(Cl)cc5)ncc4C3)n2)cc1. The van der Waals surface area contributed by atoms with Gasteiger partial charge in [-0.1, -0.05) is 29.8 Å². The van der Waals surface area contributed by atoms with E-state index in [4.69, 9.17) is 21.6 Å². The van der Waals surface area contributed by atoms with Crippen LogP contribution in [0.3, 0.4) is 0 Å². The fraction of sp³-hybridized carbons (Fsp3) is 0.192. The normalized spacial score (nSPS) is 13.7. The van der Waals surface area contributed by atoms with Crippen LogP contribution in [-0.2, 0) is 19.5 Å². The van der Waals surface area contributed by atoms with Crippen molar-refractivity contribution in [3.63, 3.8) is 0 Å². The van der Waals surface area contributed by atoms with E-state index < -0.39 is 0 Å². The molecule has 2 aromatic carbocycles. The van der Waals surface area contributed by atoms with Crippen LogP contribution < -0.4 is 0 Å². The second-order valence-electron chi connectivity index (χ2n) is 7.88. The lowest BCUT2D eigenvalue weighted by atomic mass is 10.1. The van der Waals surface area contributed by atoms with E-state index in [1.165, 1.54) is 10.5 Å². The maximum Gasteiger partial charge on any atom is 0.159 e. The van der Waals surface area contributed by atoms with Gasteiger partial charge in [0.25, 0.3) is 0 Å². The summed E-state index contributed by atoms with van der Waals surface area (Å²) in [6.45, 7) is 2.61. The predicted octanol–water partition coefficient (Wildman–Crippen LogP) is 6.14. The fourth-order valence-electron chi connectivity index (χ4n) is 3.97.